The van der Waals surface area contributed by atoms with Crippen molar-refractivity contribution in [1.82, 2.24) is 9.55 Å². The van der Waals surface area contributed by atoms with Gasteiger partial charge in [0.2, 0.25) is 0 Å². The first-order valence-corrected chi connectivity index (χ1v) is 6.95. The molecule has 0 amide bonds. The third kappa shape index (κ3) is 2.45. The first kappa shape index (κ1) is 12.9. The van der Waals surface area contributed by atoms with Crippen LogP contribution < -0.4 is 5.73 Å². The van der Waals surface area contributed by atoms with E-state index in [0.717, 1.165) is 13.0 Å². The van der Waals surface area contributed by atoms with Gasteiger partial charge in [-0.3, -0.25) is 4.98 Å². The summed E-state index contributed by atoms with van der Waals surface area (Å²) in [5.74, 6) is 0. The van der Waals surface area contributed by atoms with Gasteiger partial charge in [0, 0.05) is 25.1 Å². The minimum Gasteiger partial charge on any atom is -0.343 e. The van der Waals surface area contributed by atoms with Crippen molar-refractivity contribution >= 4 is 10.9 Å². The molecule has 2 N–H and O–H groups in total. The zero-order chi connectivity index (χ0) is 13.9. The minimum atomic E-state index is 0.677. The maximum absolute atomic E-state index is 5.72. The molecule has 0 aliphatic heterocycles. The van der Waals surface area contributed by atoms with Crippen molar-refractivity contribution in [3.63, 3.8) is 0 Å². The van der Waals surface area contributed by atoms with Gasteiger partial charge in [0.1, 0.15) is 0 Å². The molecule has 102 valence electrons. The van der Waals surface area contributed by atoms with Crippen LogP contribution in [0.15, 0.2) is 48.9 Å². The fourth-order valence-corrected chi connectivity index (χ4v) is 2.73. The van der Waals surface area contributed by atoms with Gasteiger partial charge in [-0.1, -0.05) is 24.3 Å². The second-order valence-corrected chi connectivity index (χ2v) is 5.21. The van der Waals surface area contributed by atoms with Crippen molar-refractivity contribution < 1.29 is 0 Å². The zero-order valence-corrected chi connectivity index (χ0v) is 11.7. The van der Waals surface area contributed by atoms with E-state index in [1.807, 2.05) is 12.4 Å². The van der Waals surface area contributed by atoms with E-state index in [-0.39, 0.29) is 0 Å². The zero-order valence-electron chi connectivity index (χ0n) is 11.7. The smallest absolute Gasteiger partial charge is 0.0516 e. The van der Waals surface area contributed by atoms with E-state index in [9.17, 15) is 0 Å². The van der Waals surface area contributed by atoms with Crippen LogP contribution in [0.3, 0.4) is 0 Å². The number of aryl methyl sites for hydroxylation is 1. The second kappa shape index (κ2) is 5.47. The molecule has 0 saturated heterocycles. The molecule has 0 aliphatic rings. The van der Waals surface area contributed by atoms with Gasteiger partial charge in [-0.05, 0) is 48.0 Å². The number of pyridine rings is 1. The number of nitrogens with zero attached hydrogens (tertiary/aromatic N) is 2. The number of nitrogens with two attached hydrogens (primary N) is 1. The molecule has 20 heavy (non-hydrogen) atoms. The van der Waals surface area contributed by atoms with Crippen molar-refractivity contribution in [3.05, 3.63) is 65.6 Å². The second-order valence-electron chi connectivity index (χ2n) is 5.21. The highest BCUT2D eigenvalue weighted by Crippen LogP contribution is 2.22. The Balaban J connectivity index is 2.03. The molecule has 0 aliphatic carbocycles. The van der Waals surface area contributed by atoms with Crippen molar-refractivity contribution in [1.29, 1.82) is 0 Å². The maximum atomic E-state index is 5.72. The maximum Gasteiger partial charge on any atom is 0.0516 e. The van der Waals surface area contributed by atoms with Gasteiger partial charge in [0.25, 0.3) is 0 Å². The van der Waals surface area contributed by atoms with Crippen LogP contribution in [-0.4, -0.2) is 16.1 Å². The molecular weight excluding hydrogens is 246 g/mol. The van der Waals surface area contributed by atoms with Crippen LogP contribution in [0.4, 0.5) is 0 Å². The van der Waals surface area contributed by atoms with E-state index in [4.69, 9.17) is 5.73 Å². The molecule has 3 aromatic rings. The molecule has 1 aromatic carbocycles. The van der Waals surface area contributed by atoms with Crippen molar-refractivity contribution in [3.8, 4) is 0 Å². The molecule has 3 heteroatoms. The summed E-state index contributed by atoms with van der Waals surface area (Å²) in [6.07, 6.45) is 6.88. The average molecular weight is 265 g/mol. The third-order valence-corrected chi connectivity index (χ3v) is 3.57. The predicted octanol–water partition coefficient (Wildman–Crippen LogP) is 2.89. The lowest BCUT2D eigenvalue weighted by atomic mass is 10.1. The van der Waals surface area contributed by atoms with E-state index in [1.54, 1.807) is 0 Å². The molecule has 0 unspecified atom stereocenters. The molecule has 3 nitrogen and oxygen atoms in total. The summed E-state index contributed by atoms with van der Waals surface area (Å²) in [5.41, 5.74) is 10.8. The van der Waals surface area contributed by atoms with Crippen LogP contribution in [0.5, 0.6) is 0 Å². The standard InChI is InChI=1S/C17H19N3/c1-13-9-14(11-19-10-13)12-20-8-6-16-4-2-3-15(5-7-18)17(16)20/h2-4,6,8-11H,5,7,12,18H2,1H3. The normalized spacial score (nSPS) is 11.1. The number of rotatable bonds is 4. The Morgan fingerprint density at radius 2 is 2.10 bits per heavy atom. The summed E-state index contributed by atoms with van der Waals surface area (Å²) in [6.45, 7) is 3.60. The number of hydrogen-bond donors (Lipinski definition) is 1. The van der Waals surface area contributed by atoms with E-state index < -0.39 is 0 Å². The topological polar surface area (TPSA) is 43.8 Å². The molecule has 0 fully saturated rings. The van der Waals surface area contributed by atoms with Crippen LogP contribution in [0.1, 0.15) is 16.7 Å². The SMILES string of the molecule is Cc1cncc(Cn2ccc3cccc(CCN)c32)c1. The fraction of sp³-hybridized carbons (Fsp3) is 0.235. The molecule has 3 rings (SSSR count). The highest BCUT2D eigenvalue weighted by Gasteiger charge is 2.06. The lowest BCUT2D eigenvalue weighted by Crippen LogP contribution is -2.06. The fourth-order valence-electron chi connectivity index (χ4n) is 2.73. The number of hydrogen-bond acceptors (Lipinski definition) is 2. The van der Waals surface area contributed by atoms with Crippen LogP contribution in [0, 0.1) is 6.92 Å². The van der Waals surface area contributed by atoms with E-state index in [1.165, 1.54) is 27.6 Å². The van der Waals surface area contributed by atoms with E-state index >= 15 is 0 Å². The molecule has 0 atom stereocenters. The monoisotopic (exact) mass is 265 g/mol. The van der Waals surface area contributed by atoms with Crippen molar-refractivity contribution in [2.45, 2.75) is 19.9 Å². The number of para-hydroxylation sites is 1. The Kier molecular flexibility index (Phi) is 3.52. The van der Waals surface area contributed by atoms with Crippen molar-refractivity contribution in [2.24, 2.45) is 5.73 Å². The largest absolute Gasteiger partial charge is 0.343 e. The van der Waals surface area contributed by atoms with Crippen LogP contribution in [-0.2, 0) is 13.0 Å². The van der Waals surface area contributed by atoms with Gasteiger partial charge < -0.3 is 10.3 Å². The molecule has 0 bridgehead atoms. The lowest BCUT2D eigenvalue weighted by Gasteiger charge is -2.10. The van der Waals surface area contributed by atoms with Gasteiger partial charge in [0.05, 0.1) is 5.52 Å². The van der Waals surface area contributed by atoms with Gasteiger partial charge in [-0.25, -0.2) is 0 Å². The number of fused-ring (bicyclic) bond motifs is 1. The Morgan fingerprint density at radius 3 is 2.90 bits per heavy atom. The summed E-state index contributed by atoms with van der Waals surface area (Å²) in [4.78, 5) is 4.27. The molecule has 0 spiro atoms. The summed E-state index contributed by atoms with van der Waals surface area (Å²) in [7, 11) is 0. The van der Waals surface area contributed by atoms with Gasteiger partial charge >= 0.3 is 0 Å². The number of aromatic nitrogens is 2. The minimum absolute atomic E-state index is 0.677. The Morgan fingerprint density at radius 1 is 1.20 bits per heavy atom. The van der Waals surface area contributed by atoms with Gasteiger partial charge in [0.15, 0.2) is 0 Å². The van der Waals surface area contributed by atoms with E-state index in [0.29, 0.717) is 6.54 Å². The summed E-state index contributed by atoms with van der Waals surface area (Å²) in [5, 5.41) is 1.27. The average Bonchev–Trinajstić information content (AvgIpc) is 2.84. The molecule has 2 aromatic heterocycles. The number of benzene rings is 1. The summed E-state index contributed by atoms with van der Waals surface area (Å²) >= 11 is 0. The third-order valence-electron chi connectivity index (χ3n) is 3.57. The van der Waals surface area contributed by atoms with Crippen molar-refractivity contribution in [2.75, 3.05) is 6.54 Å². The first-order valence-electron chi connectivity index (χ1n) is 6.95. The molecular formula is C17H19N3. The quantitative estimate of drug-likeness (QED) is 0.788. The summed E-state index contributed by atoms with van der Waals surface area (Å²) in [6, 6.07) is 10.8. The molecule has 0 saturated carbocycles. The molecule has 0 radical (unpaired) electrons. The van der Waals surface area contributed by atoms with Crippen LogP contribution >= 0.6 is 0 Å². The summed E-state index contributed by atoms with van der Waals surface area (Å²) < 4.78 is 2.29. The van der Waals surface area contributed by atoms with Gasteiger partial charge in [-0.15, -0.1) is 0 Å². The Labute approximate surface area is 119 Å². The highest BCUT2D eigenvalue weighted by molar-refractivity contribution is 5.83. The Hall–Kier alpha value is -2.13. The van der Waals surface area contributed by atoms with Crippen LogP contribution in [0.2, 0.25) is 0 Å². The van der Waals surface area contributed by atoms with E-state index in [2.05, 4.69) is 53.0 Å². The lowest BCUT2D eigenvalue weighted by molar-refractivity contribution is 0.822. The Bertz CT molecular complexity index is 728. The van der Waals surface area contributed by atoms with Crippen LogP contribution in [0.25, 0.3) is 10.9 Å². The molecule has 2 heterocycles. The first-order chi connectivity index (χ1) is 9.78. The highest BCUT2D eigenvalue weighted by atomic mass is 15.0. The van der Waals surface area contributed by atoms with Gasteiger partial charge in [-0.2, -0.15) is 0 Å². The predicted molar refractivity (Wildman–Crippen MR) is 82.8 cm³/mol.